The van der Waals surface area contributed by atoms with Crippen LogP contribution in [0.2, 0.25) is 0 Å². The van der Waals surface area contributed by atoms with E-state index in [0.717, 1.165) is 22.1 Å². The van der Waals surface area contributed by atoms with Crippen LogP contribution < -0.4 is 5.32 Å². The number of fused-ring (bicyclic) bond motifs is 1. The van der Waals surface area contributed by atoms with Crippen molar-refractivity contribution in [1.29, 1.82) is 0 Å². The number of benzene rings is 1. The van der Waals surface area contributed by atoms with E-state index < -0.39 is 6.10 Å². The van der Waals surface area contributed by atoms with Crippen molar-refractivity contribution in [3.63, 3.8) is 0 Å². The predicted octanol–water partition coefficient (Wildman–Crippen LogP) is 2.56. The van der Waals surface area contributed by atoms with E-state index in [0.29, 0.717) is 12.8 Å². The summed E-state index contributed by atoms with van der Waals surface area (Å²) < 4.78 is 5.48. The van der Waals surface area contributed by atoms with E-state index in [1.54, 1.807) is 13.2 Å². The van der Waals surface area contributed by atoms with E-state index in [4.69, 9.17) is 4.42 Å². The fraction of sp³-hybridized carbons (Fsp3) is 0.438. The van der Waals surface area contributed by atoms with Crippen molar-refractivity contribution in [1.82, 2.24) is 5.32 Å². The van der Waals surface area contributed by atoms with Crippen LogP contribution in [0.5, 0.6) is 0 Å². The molecule has 4 heteroatoms. The van der Waals surface area contributed by atoms with Gasteiger partial charge < -0.3 is 14.8 Å². The SMILES string of the molecule is Cc1ccc2c(CC(=O)NC(C)CC(C)O)coc2c1. The lowest BCUT2D eigenvalue weighted by Gasteiger charge is -2.15. The second kappa shape index (κ2) is 6.09. The first-order chi connectivity index (χ1) is 9.45. The van der Waals surface area contributed by atoms with Crippen molar-refractivity contribution >= 4 is 16.9 Å². The van der Waals surface area contributed by atoms with E-state index in [2.05, 4.69) is 5.32 Å². The number of carbonyl (C=O) groups excluding carboxylic acids is 1. The molecule has 0 radical (unpaired) electrons. The summed E-state index contributed by atoms with van der Waals surface area (Å²) in [6, 6.07) is 5.92. The Kier molecular flexibility index (Phi) is 4.45. The Hall–Kier alpha value is -1.81. The molecule has 2 N–H and O–H groups in total. The average molecular weight is 275 g/mol. The minimum atomic E-state index is -0.414. The number of hydrogen-bond acceptors (Lipinski definition) is 3. The van der Waals surface area contributed by atoms with E-state index in [1.165, 1.54) is 0 Å². The summed E-state index contributed by atoms with van der Waals surface area (Å²) in [5.74, 6) is -0.0542. The average Bonchev–Trinajstić information content (AvgIpc) is 2.70. The van der Waals surface area contributed by atoms with Gasteiger partial charge in [0, 0.05) is 17.0 Å². The zero-order valence-electron chi connectivity index (χ0n) is 12.1. The van der Waals surface area contributed by atoms with Crippen LogP contribution in [0.4, 0.5) is 0 Å². The number of furan rings is 1. The molecule has 1 aromatic carbocycles. The molecule has 2 rings (SSSR count). The Bertz CT molecular complexity index is 601. The van der Waals surface area contributed by atoms with E-state index in [-0.39, 0.29) is 11.9 Å². The molecule has 2 unspecified atom stereocenters. The van der Waals surface area contributed by atoms with E-state index in [1.807, 2.05) is 32.0 Å². The van der Waals surface area contributed by atoms with Gasteiger partial charge in [-0.15, -0.1) is 0 Å². The van der Waals surface area contributed by atoms with Gasteiger partial charge in [-0.25, -0.2) is 0 Å². The van der Waals surface area contributed by atoms with Crippen LogP contribution in [0.3, 0.4) is 0 Å². The number of nitrogens with one attached hydrogen (secondary N) is 1. The second-order valence-electron chi connectivity index (χ2n) is 5.49. The fourth-order valence-electron chi connectivity index (χ4n) is 2.40. The molecule has 0 fully saturated rings. The molecule has 108 valence electrons. The Labute approximate surface area is 118 Å². The largest absolute Gasteiger partial charge is 0.464 e. The summed E-state index contributed by atoms with van der Waals surface area (Å²) in [6.07, 6.45) is 2.07. The lowest BCUT2D eigenvalue weighted by molar-refractivity contribution is -0.121. The molecule has 1 heterocycles. The topological polar surface area (TPSA) is 62.5 Å². The van der Waals surface area contributed by atoms with Crippen molar-refractivity contribution in [2.75, 3.05) is 0 Å². The predicted molar refractivity (Wildman–Crippen MR) is 78.6 cm³/mol. The van der Waals surface area contributed by atoms with E-state index >= 15 is 0 Å². The third-order valence-corrected chi connectivity index (χ3v) is 3.26. The molecule has 0 aliphatic rings. The van der Waals surface area contributed by atoms with Gasteiger partial charge in [0.25, 0.3) is 0 Å². The standard InChI is InChI=1S/C16H21NO3/c1-10-4-5-14-13(9-20-15(14)6-10)8-16(19)17-11(2)7-12(3)18/h4-6,9,11-12,18H,7-8H2,1-3H3,(H,17,19). The second-order valence-corrected chi connectivity index (χ2v) is 5.49. The summed E-state index contributed by atoms with van der Waals surface area (Å²) in [5, 5.41) is 13.2. The molecule has 0 spiro atoms. The normalized spacial score (nSPS) is 14.2. The molecule has 4 nitrogen and oxygen atoms in total. The molecule has 1 aromatic heterocycles. The number of aliphatic hydroxyl groups is 1. The number of carbonyl (C=O) groups is 1. The van der Waals surface area contributed by atoms with Crippen molar-refractivity contribution < 1.29 is 14.3 Å². The van der Waals surface area contributed by atoms with Crippen molar-refractivity contribution in [2.24, 2.45) is 0 Å². The minimum Gasteiger partial charge on any atom is -0.464 e. The summed E-state index contributed by atoms with van der Waals surface area (Å²) in [5.41, 5.74) is 2.83. The van der Waals surface area contributed by atoms with Crippen molar-refractivity contribution in [3.8, 4) is 0 Å². The third kappa shape index (κ3) is 3.61. The Morgan fingerprint density at radius 1 is 1.40 bits per heavy atom. The fourth-order valence-corrected chi connectivity index (χ4v) is 2.40. The maximum Gasteiger partial charge on any atom is 0.224 e. The number of aryl methyl sites for hydroxylation is 1. The number of aliphatic hydroxyl groups excluding tert-OH is 1. The lowest BCUT2D eigenvalue weighted by Crippen LogP contribution is -2.35. The first kappa shape index (κ1) is 14.6. The third-order valence-electron chi connectivity index (χ3n) is 3.26. The smallest absolute Gasteiger partial charge is 0.224 e. The molecule has 20 heavy (non-hydrogen) atoms. The molecule has 0 saturated heterocycles. The quantitative estimate of drug-likeness (QED) is 0.881. The van der Waals surface area contributed by atoms with Gasteiger partial charge >= 0.3 is 0 Å². The lowest BCUT2D eigenvalue weighted by atomic mass is 10.1. The van der Waals surface area contributed by atoms with Gasteiger partial charge in [0.15, 0.2) is 0 Å². The highest BCUT2D eigenvalue weighted by Gasteiger charge is 2.13. The Balaban J connectivity index is 2.03. The van der Waals surface area contributed by atoms with Gasteiger partial charge in [0.05, 0.1) is 18.8 Å². The molecule has 2 aromatic rings. The van der Waals surface area contributed by atoms with Crippen LogP contribution in [0.15, 0.2) is 28.9 Å². The molecule has 1 amide bonds. The van der Waals surface area contributed by atoms with Crippen LogP contribution in [-0.4, -0.2) is 23.2 Å². The van der Waals surface area contributed by atoms with Gasteiger partial charge in [0.2, 0.25) is 5.91 Å². The molecule has 0 aliphatic carbocycles. The van der Waals surface area contributed by atoms with Crippen molar-refractivity contribution in [2.45, 2.75) is 45.8 Å². The molecule has 0 aliphatic heterocycles. The number of amides is 1. The molecular weight excluding hydrogens is 254 g/mol. The highest BCUT2D eigenvalue weighted by atomic mass is 16.3. The van der Waals surface area contributed by atoms with Gasteiger partial charge in [0.1, 0.15) is 5.58 Å². The van der Waals surface area contributed by atoms with Gasteiger partial charge in [-0.1, -0.05) is 12.1 Å². The van der Waals surface area contributed by atoms with Gasteiger partial charge in [-0.3, -0.25) is 4.79 Å². The molecule has 0 saturated carbocycles. The summed E-state index contributed by atoms with van der Waals surface area (Å²) in [6.45, 7) is 5.61. The number of rotatable bonds is 5. The van der Waals surface area contributed by atoms with Gasteiger partial charge in [-0.05, 0) is 38.8 Å². The van der Waals surface area contributed by atoms with E-state index in [9.17, 15) is 9.90 Å². The number of hydrogen-bond donors (Lipinski definition) is 2. The summed E-state index contributed by atoms with van der Waals surface area (Å²) >= 11 is 0. The zero-order valence-corrected chi connectivity index (χ0v) is 12.1. The van der Waals surface area contributed by atoms with Crippen LogP contribution in [0.1, 0.15) is 31.4 Å². The monoisotopic (exact) mass is 275 g/mol. The van der Waals surface area contributed by atoms with Crippen LogP contribution in [0, 0.1) is 6.92 Å². The summed E-state index contributed by atoms with van der Waals surface area (Å²) in [7, 11) is 0. The van der Waals surface area contributed by atoms with Gasteiger partial charge in [-0.2, -0.15) is 0 Å². The molecule has 2 atom stereocenters. The zero-order chi connectivity index (χ0) is 14.7. The minimum absolute atomic E-state index is 0.0390. The molecule has 0 bridgehead atoms. The maximum atomic E-state index is 12.0. The summed E-state index contributed by atoms with van der Waals surface area (Å²) in [4.78, 5) is 12.0. The van der Waals surface area contributed by atoms with Crippen LogP contribution >= 0.6 is 0 Å². The highest BCUT2D eigenvalue weighted by Crippen LogP contribution is 2.22. The maximum absolute atomic E-state index is 12.0. The van der Waals surface area contributed by atoms with Crippen LogP contribution in [0.25, 0.3) is 11.0 Å². The van der Waals surface area contributed by atoms with Crippen molar-refractivity contribution in [3.05, 3.63) is 35.6 Å². The first-order valence-electron chi connectivity index (χ1n) is 6.90. The Morgan fingerprint density at radius 2 is 2.15 bits per heavy atom. The highest BCUT2D eigenvalue weighted by molar-refractivity contribution is 5.88. The van der Waals surface area contributed by atoms with Crippen LogP contribution in [-0.2, 0) is 11.2 Å². The first-order valence-corrected chi connectivity index (χ1v) is 6.90. The Morgan fingerprint density at radius 3 is 2.85 bits per heavy atom. The molecular formula is C16H21NO3.